The lowest BCUT2D eigenvalue weighted by Gasteiger charge is -2.00. The third-order valence-corrected chi connectivity index (χ3v) is 3.05. The molecule has 0 aliphatic rings. The Labute approximate surface area is 88.6 Å². The molecule has 0 atom stereocenters. The molecular weight excluding hydrogens is 199 g/mol. The fourth-order valence-electron chi connectivity index (χ4n) is 1.08. The summed E-state index contributed by atoms with van der Waals surface area (Å²) >= 11 is 1.70. The first-order valence-electron chi connectivity index (χ1n) is 4.95. The van der Waals surface area contributed by atoms with Crippen LogP contribution in [0.5, 0.6) is 0 Å². The number of hydrogen-bond acceptors (Lipinski definition) is 3. The quantitative estimate of drug-likeness (QED) is 0.740. The maximum Gasteiger partial charge on any atom is 0.0954 e. The summed E-state index contributed by atoms with van der Waals surface area (Å²) in [6.07, 6.45) is 0.584. The van der Waals surface area contributed by atoms with Gasteiger partial charge in [-0.15, -0.1) is 11.3 Å². The van der Waals surface area contributed by atoms with E-state index in [2.05, 4.69) is 29.5 Å². The first kappa shape index (κ1) is 11.6. The van der Waals surface area contributed by atoms with Crippen LogP contribution >= 0.6 is 11.3 Å². The van der Waals surface area contributed by atoms with Gasteiger partial charge in [0.2, 0.25) is 0 Å². The normalized spacial score (nSPS) is 11.1. The van der Waals surface area contributed by atoms with Gasteiger partial charge in [-0.05, 0) is 13.0 Å². The topological polar surface area (TPSA) is 24.9 Å². The summed E-state index contributed by atoms with van der Waals surface area (Å²) < 4.78 is 11.8. The zero-order valence-corrected chi connectivity index (χ0v) is 9.53. The molecule has 1 N–H and O–H groups in total. The lowest BCUT2D eigenvalue weighted by molar-refractivity contribution is 0.458. The van der Waals surface area contributed by atoms with Crippen LogP contribution in [0.1, 0.15) is 36.9 Å². The smallest absolute Gasteiger partial charge is 0.0954 e. The van der Waals surface area contributed by atoms with E-state index in [0.717, 1.165) is 18.8 Å². The van der Waals surface area contributed by atoms with Crippen molar-refractivity contribution < 1.29 is 4.39 Å². The summed E-state index contributed by atoms with van der Waals surface area (Å²) in [5, 5.41) is 6.40. The van der Waals surface area contributed by atoms with Crippen LogP contribution in [0.2, 0.25) is 0 Å². The molecule has 1 aromatic rings. The van der Waals surface area contributed by atoms with Crippen molar-refractivity contribution in [3.8, 4) is 0 Å². The van der Waals surface area contributed by atoms with Crippen LogP contribution in [0.4, 0.5) is 4.39 Å². The first-order chi connectivity index (χ1) is 6.74. The molecule has 0 spiro atoms. The van der Waals surface area contributed by atoms with Crippen LogP contribution in [0.3, 0.4) is 0 Å². The Balaban J connectivity index is 2.29. The third kappa shape index (κ3) is 3.72. The van der Waals surface area contributed by atoms with Gasteiger partial charge in [-0.1, -0.05) is 13.8 Å². The molecule has 14 heavy (non-hydrogen) atoms. The lowest BCUT2D eigenvalue weighted by atomic mass is 10.2. The standard InChI is InChI=1S/C10H17FN2S/c1-8(2)10-13-9(7-14-10)6-12-5-3-4-11/h7-8,12H,3-6H2,1-2H3. The molecule has 0 saturated carbocycles. The lowest BCUT2D eigenvalue weighted by Crippen LogP contribution is -2.15. The number of nitrogens with zero attached hydrogens (tertiary/aromatic N) is 1. The second-order valence-corrected chi connectivity index (χ2v) is 4.44. The summed E-state index contributed by atoms with van der Waals surface area (Å²) in [5.41, 5.74) is 1.07. The summed E-state index contributed by atoms with van der Waals surface area (Å²) in [5.74, 6) is 0.500. The van der Waals surface area contributed by atoms with Crippen molar-refractivity contribution in [2.75, 3.05) is 13.2 Å². The number of rotatable bonds is 6. The number of hydrogen-bond donors (Lipinski definition) is 1. The summed E-state index contributed by atoms with van der Waals surface area (Å²) in [6.45, 7) is 5.51. The molecule has 1 rings (SSSR count). The van der Waals surface area contributed by atoms with Gasteiger partial charge in [0, 0.05) is 17.8 Å². The first-order valence-corrected chi connectivity index (χ1v) is 5.83. The van der Waals surface area contributed by atoms with Gasteiger partial charge in [0.05, 0.1) is 17.4 Å². The number of nitrogens with one attached hydrogen (secondary N) is 1. The predicted molar refractivity (Wildman–Crippen MR) is 58.5 cm³/mol. The van der Waals surface area contributed by atoms with Crippen LogP contribution in [-0.2, 0) is 6.54 Å². The Morgan fingerprint density at radius 2 is 2.36 bits per heavy atom. The number of halogens is 1. The summed E-state index contributed by atoms with van der Waals surface area (Å²) in [7, 11) is 0. The minimum atomic E-state index is -0.249. The zero-order valence-electron chi connectivity index (χ0n) is 8.72. The molecule has 0 fully saturated rings. The van der Waals surface area contributed by atoms with Crippen LogP contribution in [-0.4, -0.2) is 18.2 Å². The highest BCUT2D eigenvalue weighted by molar-refractivity contribution is 7.09. The van der Waals surface area contributed by atoms with Gasteiger partial charge in [-0.25, -0.2) is 4.98 Å². The highest BCUT2D eigenvalue weighted by atomic mass is 32.1. The molecule has 0 bridgehead atoms. The summed E-state index contributed by atoms with van der Waals surface area (Å²) in [4.78, 5) is 4.47. The monoisotopic (exact) mass is 216 g/mol. The van der Waals surface area contributed by atoms with Crippen molar-refractivity contribution in [2.24, 2.45) is 0 Å². The Morgan fingerprint density at radius 3 is 2.93 bits per heavy atom. The molecule has 0 amide bonds. The van der Waals surface area contributed by atoms with Crippen LogP contribution in [0.15, 0.2) is 5.38 Å². The highest BCUT2D eigenvalue weighted by Crippen LogP contribution is 2.18. The van der Waals surface area contributed by atoms with Gasteiger partial charge < -0.3 is 5.32 Å². The van der Waals surface area contributed by atoms with Gasteiger partial charge in [0.15, 0.2) is 0 Å². The molecule has 0 aromatic carbocycles. The fourth-order valence-corrected chi connectivity index (χ4v) is 1.91. The molecule has 0 saturated heterocycles. The van der Waals surface area contributed by atoms with E-state index in [4.69, 9.17) is 0 Å². The average molecular weight is 216 g/mol. The van der Waals surface area contributed by atoms with Gasteiger partial charge in [-0.2, -0.15) is 0 Å². The van der Waals surface area contributed by atoms with E-state index < -0.39 is 0 Å². The molecular formula is C10H17FN2S. The van der Waals surface area contributed by atoms with Gasteiger partial charge in [-0.3, -0.25) is 4.39 Å². The highest BCUT2D eigenvalue weighted by Gasteiger charge is 2.04. The summed E-state index contributed by atoms with van der Waals surface area (Å²) in [6, 6.07) is 0. The zero-order chi connectivity index (χ0) is 10.4. The van der Waals surface area contributed by atoms with Crippen molar-refractivity contribution in [3.63, 3.8) is 0 Å². The molecule has 0 radical (unpaired) electrons. The van der Waals surface area contributed by atoms with Crippen LogP contribution < -0.4 is 5.32 Å². The SMILES string of the molecule is CC(C)c1nc(CNCCCF)cs1. The van der Waals surface area contributed by atoms with E-state index in [1.165, 1.54) is 5.01 Å². The van der Waals surface area contributed by atoms with Gasteiger partial charge in [0.25, 0.3) is 0 Å². The molecule has 4 heteroatoms. The van der Waals surface area contributed by atoms with Crippen molar-refractivity contribution >= 4 is 11.3 Å². The van der Waals surface area contributed by atoms with E-state index >= 15 is 0 Å². The predicted octanol–water partition coefficient (Wildman–Crippen LogP) is 2.72. The molecule has 80 valence electrons. The van der Waals surface area contributed by atoms with E-state index in [1.807, 2.05) is 0 Å². The van der Waals surface area contributed by atoms with Crippen LogP contribution in [0.25, 0.3) is 0 Å². The average Bonchev–Trinajstić information content (AvgIpc) is 2.61. The van der Waals surface area contributed by atoms with Crippen molar-refractivity contribution in [1.82, 2.24) is 10.3 Å². The second kappa shape index (κ2) is 6.09. The number of thiazole rings is 1. The molecule has 0 aliphatic carbocycles. The number of aromatic nitrogens is 1. The molecule has 0 aliphatic heterocycles. The maximum absolute atomic E-state index is 11.8. The Bertz CT molecular complexity index is 260. The molecule has 1 aromatic heterocycles. The minimum Gasteiger partial charge on any atom is -0.311 e. The second-order valence-electron chi connectivity index (χ2n) is 3.55. The number of alkyl halides is 1. The van der Waals surface area contributed by atoms with E-state index in [9.17, 15) is 4.39 Å². The fraction of sp³-hybridized carbons (Fsp3) is 0.700. The molecule has 0 unspecified atom stereocenters. The van der Waals surface area contributed by atoms with E-state index in [-0.39, 0.29) is 6.67 Å². The van der Waals surface area contributed by atoms with Gasteiger partial charge >= 0.3 is 0 Å². The Kier molecular flexibility index (Phi) is 5.04. The third-order valence-electron chi connectivity index (χ3n) is 1.86. The molecule has 2 nitrogen and oxygen atoms in total. The minimum absolute atomic E-state index is 0.249. The van der Waals surface area contributed by atoms with Crippen LogP contribution in [0, 0.1) is 0 Å². The van der Waals surface area contributed by atoms with Crippen molar-refractivity contribution in [2.45, 2.75) is 32.7 Å². The molecule has 1 heterocycles. The Morgan fingerprint density at radius 1 is 1.57 bits per heavy atom. The van der Waals surface area contributed by atoms with Gasteiger partial charge in [0.1, 0.15) is 0 Å². The van der Waals surface area contributed by atoms with Crippen molar-refractivity contribution in [1.29, 1.82) is 0 Å². The van der Waals surface area contributed by atoms with E-state index in [1.54, 1.807) is 11.3 Å². The largest absolute Gasteiger partial charge is 0.311 e. The van der Waals surface area contributed by atoms with Crippen molar-refractivity contribution in [3.05, 3.63) is 16.1 Å². The van der Waals surface area contributed by atoms with E-state index in [0.29, 0.717) is 12.3 Å². The maximum atomic E-state index is 11.8. The Hall–Kier alpha value is -0.480.